The standard InChI is InChI=1S/C23H29BrN2O3/c1-4-20(17-18(3)24)25-21(27)11-14-26-15-12-23(13-16-26,22(28)29-5-2)19-9-7-6-8-10-19/h4,6-10,17H,1,3,5,11-16H2,2H3,(H,25,27)/b20-17+. The average Bonchev–Trinajstić information content (AvgIpc) is 2.72. The Balaban J connectivity index is 1.95. The van der Waals surface area contributed by atoms with Crippen LogP contribution in [0.1, 0.15) is 31.7 Å². The van der Waals surface area contributed by atoms with E-state index in [0.29, 0.717) is 42.6 Å². The number of hydrogen-bond acceptors (Lipinski definition) is 4. The van der Waals surface area contributed by atoms with Crippen molar-refractivity contribution >= 4 is 27.8 Å². The zero-order valence-corrected chi connectivity index (χ0v) is 18.5. The minimum atomic E-state index is -0.606. The summed E-state index contributed by atoms with van der Waals surface area (Å²) < 4.78 is 6.08. The number of likely N-dealkylation sites (tertiary alicyclic amines) is 1. The van der Waals surface area contributed by atoms with Crippen molar-refractivity contribution in [1.82, 2.24) is 10.2 Å². The van der Waals surface area contributed by atoms with Gasteiger partial charge in [0.1, 0.15) is 0 Å². The first-order valence-corrected chi connectivity index (χ1v) is 10.6. The monoisotopic (exact) mass is 460 g/mol. The van der Waals surface area contributed by atoms with Crippen molar-refractivity contribution in [1.29, 1.82) is 0 Å². The Morgan fingerprint density at radius 2 is 1.93 bits per heavy atom. The van der Waals surface area contributed by atoms with Gasteiger partial charge in [0.05, 0.1) is 12.0 Å². The Morgan fingerprint density at radius 1 is 1.28 bits per heavy atom. The Kier molecular flexibility index (Phi) is 8.86. The fourth-order valence-electron chi connectivity index (χ4n) is 3.59. The molecule has 1 saturated heterocycles. The van der Waals surface area contributed by atoms with E-state index in [1.54, 1.807) is 12.2 Å². The average molecular weight is 461 g/mol. The zero-order valence-electron chi connectivity index (χ0n) is 17.0. The first kappa shape index (κ1) is 23.1. The van der Waals surface area contributed by atoms with Crippen molar-refractivity contribution in [2.24, 2.45) is 0 Å². The van der Waals surface area contributed by atoms with Crippen LogP contribution in [-0.4, -0.2) is 43.0 Å². The van der Waals surface area contributed by atoms with E-state index < -0.39 is 5.41 Å². The van der Waals surface area contributed by atoms with Crippen molar-refractivity contribution in [3.05, 3.63) is 71.4 Å². The van der Waals surface area contributed by atoms with Crippen molar-refractivity contribution < 1.29 is 14.3 Å². The number of benzene rings is 1. The van der Waals surface area contributed by atoms with E-state index in [9.17, 15) is 9.59 Å². The second-order valence-electron chi connectivity index (χ2n) is 7.06. The Labute approximate surface area is 181 Å². The molecule has 1 amide bonds. The number of amides is 1. The second kappa shape index (κ2) is 11.1. The molecule has 0 aromatic heterocycles. The highest BCUT2D eigenvalue weighted by molar-refractivity contribution is 9.11. The molecule has 1 heterocycles. The molecule has 0 unspecified atom stereocenters. The zero-order chi connectivity index (χ0) is 21.3. The number of ether oxygens (including phenoxy) is 1. The highest BCUT2D eigenvalue weighted by Crippen LogP contribution is 2.37. The molecule has 0 saturated carbocycles. The molecule has 2 rings (SSSR count). The van der Waals surface area contributed by atoms with Crippen LogP contribution in [-0.2, 0) is 19.7 Å². The van der Waals surface area contributed by atoms with Crippen LogP contribution in [0.5, 0.6) is 0 Å². The number of rotatable bonds is 9. The molecule has 5 nitrogen and oxygen atoms in total. The summed E-state index contributed by atoms with van der Waals surface area (Å²) in [5.41, 5.74) is 1.01. The molecule has 0 atom stereocenters. The van der Waals surface area contributed by atoms with E-state index in [1.807, 2.05) is 37.3 Å². The van der Waals surface area contributed by atoms with Crippen LogP contribution in [0.2, 0.25) is 0 Å². The largest absolute Gasteiger partial charge is 0.465 e. The SMILES string of the molecule is C=C/C(=C\C(=C)Br)NC(=O)CCN1CCC(C(=O)OCC)(c2ccccc2)CC1. The van der Waals surface area contributed by atoms with Crippen LogP contribution in [0.3, 0.4) is 0 Å². The summed E-state index contributed by atoms with van der Waals surface area (Å²) in [5, 5.41) is 2.83. The lowest BCUT2D eigenvalue weighted by Gasteiger charge is -2.40. The highest BCUT2D eigenvalue weighted by atomic mass is 79.9. The van der Waals surface area contributed by atoms with Gasteiger partial charge in [0.25, 0.3) is 0 Å². The molecular weight excluding hydrogens is 432 g/mol. The molecule has 0 aliphatic carbocycles. The Bertz CT molecular complexity index is 766. The summed E-state index contributed by atoms with van der Waals surface area (Å²) in [7, 11) is 0. The van der Waals surface area contributed by atoms with E-state index in [2.05, 4.69) is 39.3 Å². The minimum Gasteiger partial charge on any atom is -0.465 e. The third kappa shape index (κ3) is 6.41. The van der Waals surface area contributed by atoms with Gasteiger partial charge in [-0.05, 0) is 50.6 Å². The number of halogens is 1. The Hall–Kier alpha value is -2.18. The molecular formula is C23H29BrN2O3. The predicted octanol–water partition coefficient (Wildman–Crippen LogP) is 4.07. The maximum absolute atomic E-state index is 12.8. The summed E-state index contributed by atoms with van der Waals surface area (Å²) >= 11 is 3.24. The van der Waals surface area contributed by atoms with Gasteiger partial charge in [0.2, 0.25) is 5.91 Å². The third-order valence-electron chi connectivity index (χ3n) is 5.17. The van der Waals surface area contributed by atoms with Crippen molar-refractivity contribution in [3.8, 4) is 0 Å². The number of carbonyl (C=O) groups excluding carboxylic acids is 2. The lowest BCUT2D eigenvalue weighted by Crippen LogP contribution is -2.48. The second-order valence-corrected chi connectivity index (χ2v) is 8.08. The number of piperidine rings is 1. The van der Waals surface area contributed by atoms with E-state index in [1.165, 1.54) is 0 Å². The van der Waals surface area contributed by atoms with Crippen LogP contribution in [0.4, 0.5) is 0 Å². The number of esters is 1. The number of hydrogen-bond donors (Lipinski definition) is 1. The molecule has 29 heavy (non-hydrogen) atoms. The fraction of sp³-hybridized carbons (Fsp3) is 0.391. The van der Waals surface area contributed by atoms with E-state index >= 15 is 0 Å². The van der Waals surface area contributed by atoms with Gasteiger partial charge < -0.3 is 15.0 Å². The smallest absolute Gasteiger partial charge is 0.316 e. The summed E-state index contributed by atoms with van der Waals surface area (Å²) in [5.74, 6) is -0.227. The van der Waals surface area contributed by atoms with Gasteiger partial charge in [-0.25, -0.2) is 0 Å². The van der Waals surface area contributed by atoms with Crippen molar-refractivity contribution in [2.45, 2.75) is 31.6 Å². The molecule has 0 spiro atoms. The predicted molar refractivity (Wildman–Crippen MR) is 120 cm³/mol. The van der Waals surface area contributed by atoms with Crippen LogP contribution in [0.25, 0.3) is 0 Å². The molecule has 1 N–H and O–H groups in total. The van der Waals surface area contributed by atoms with Crippen molar-refractivity contribution in [3.63, 3.8) is 0 Å². The number of allylic oxidation sites excluding steroid dienone is 3. The maximum atomic E-state index is 12.8. The molecule has 0 radical (unpaired) electrons. The highest BCUT2D eigenvalue weighted by Gasteiger charge is 2.44. The molecule has 1 aromatic rings. The van der Waals surface area contributed by atoms with Gasteiger partial charge in [-0.15, -0.1) is 0 Å². The van der Waals surface area contributed by atoms with Gasteiger partial charge in [-0.3, -0.25) is 9.59 Å². The Morgan fingerprint density at radius 3 is 2.48 bits per heavy atom. The van der Waals surface area contributed by atoms with Crippen LogP contribution >= 0.6 is 15.9 Å². The molecule has 156 valence electrons. The lowest BCUT2D eigenvalue weighted by atomic mass is 9.72. The van der Waals surface area contributed by atoms with E-state index in [4.69, 9.17) is 4.74 Å². The summed E-state index contributed by atoms with van der Waals surface area (Å²) in [6.45, 7) is 11.7. The molecule has 1 aliphatic heterocycles. The molecule has 1 fully saturated rings. The van der Waals surface area contributed by atoms with Gasteiger partial charge >= 0.3 is 5.97 Å². The summed E-state index contributed by atoms with van der Waals surface area (Å²) in [4.78, 5) is 27.3. The summed E-state index contributed by atoms with van der Waals surface area (Å²) in [6.07, 6.45) is 5.02. The van der Waals surface area contributed by atoms with Gasteiger partial charge in [-0.1, -0.05) is 59.4 Å². The lowest BCUT2D eigenvalue weighted by molar-refractivity contribution is -0.152. The third-order valence-corrected chi connectivity index (χ3v) is 5.40. The van der Waals surface area contributed by atoms with Gasteiger partial charge in [0.15, 0.2) is 0 Å². The van der Waals surface area contributed by atoms with Crippen LogP contribution < -0.4 is 5.32 Å². The van der Waals surface area contributed by atoms with Crippen LogP contribution in [0, 0.1) is 0 Å². The minimum absolute atomic E-state index is 0.0739. The van der Waals surface area contributed by atoms with Gasteiger partial charge in [0, 0.05) is 23.1 Å². The quantitative estimate of drug-likeness (QED) is 0.445. The van der Waals surface area contributed by atoms with E-state index in [-0.39, 0.29) is 11.9 Å². The number of nitrogens with one attached hydrogen (secondary N) is 1. The van der Waals surface area contributed by atoms with Crippen LogP contribution in [0.15, 0.2) is 65.8 Å². The number of carbonyl (C=O) groups is 2. The first-order chi connectivity index (χ1) is 13.9. The van der Waals surface area contributed by atoms with Gasteiger partial charge in [-0.2, -0.15) is 0 Å². The normalized spacial score (nSPS) is 16.7. The topological polar surface area (TPSA) is 58.6 Å². The molecule has 1 aliphatic rings. The summed E-state index contributed by atoms with van der Waals surface area (Å²) in [6, 6.07) is 9.87. The van der Waals surface area contributed by atoms with Crippen molar-refractivity contribution in [2.75, 3.05) is 26.2 Å². The maximum Gasteiger partial charge on any atom is 0.316 e. The molecule has 6 heteroatoms. The molecule has 1 aromatic carbocycles. The van der Waals surface area contributed by atoms with E-state index in [0.717, 1.165) is 18.7 Å². The fourth-order valence-corrected chi connectivity index (χ4v) is 3.84. The molecule has 0 bridgehead atoms. The first-order valence-electron chi connectivity index (χ1n) is 9.84. The number of nitrogens with zero attached hydrogens (tertiary/aromatic N) is 1.